The molecule has 29 heavy (non-hydrogen) atoms. The zero-order valence-electron chi connectivity index (χ0n) is 16.8. The van der Waals surface area contributed by atoms with Gasteiger partial charge in [0.2, 0.25) is 0 Å². The van der Waals surface area contributed by atoms with Crippen molar-refractivity contribution in [3.8, 4) is 11.3 Å². The number of rotatable bonds is 4. The topological polar surface area (TPSA) is 33.4 Å². The Balaban J connectivity index is 1.36. The summed E-state index contributed by atoms with van der Waals surface area (Å²) in [4.78, 5) is 7.16. The average Bonchev–Trinajstić information content (AvgIpc) is 3.19. The zero-order valence-corrected chi connectivity index (χ0v) is 16.8. The molecule has 4 heteroatoms. The predicted octanol–water partition coefficient (Wildman–Crippen LogP) is 5.16. The summed E-state index contributed by atoms with van der Waals surface area (Å²) >= 11 is 0. The summed E-state index contributed by atoms with van der Waals surface area (Å²) in [6.07, 6.45) is 7.40. The molecule has 0 radical (unpaired) electrons. The Hall–Kier alpha value is -3.14. The number of piperidine rings is 1. The van der Waals surface area contributed by atoms with Gasteiger partial charge < -0.3 is 4.90 Å². The lowest BCUT2D eigenvalue weighted by molar-refractivity contribution is 0.402. The van der Waals surface area contributed by atoms with E-state index in [-0.39, 0.29) is 0 Å². The van der Waals surface area contributed by atoms with Gasteiger partial charge in [0.25, 0.3) is 0 Å². The second kappa shape index (κ2) is 7.70. The van der Waals surface area contributed by atoms with Crippen molar-refractivity contribution in [1.29, 1.82) is 0 Å². The zero-order chi connectivity index (χ0) is 19.6. The number of aryl methyl sites for hydroxylation is 1. The Bertz CT molecular complexity index is 1110. The number of benzene rings is 2. The first-order valence-corrected chi connectivity index (χ1v) is 10.5. The molecule has 0 aliphatic carbocycles. The second-order valence-corrected chi connectivity index (χ2v) is 8.05. The predicted molar refractivity (Wildman–Crippen MR) is 118 cm³/mol. The van der Waals surface area contributed by atoms with E-state index in [1.807, 2.05) is 16.9 Å². The lowest BCUT2D eigenvalue weighted by Crippen LogP contribution is -2.35. The molecule has 4 nitrogen and oxygen atoms in total. The van der Waals surface area contributed by atoms with Crippen molar-refractivity contribution in [3.63, 3.8) is 0 Å². The van der Waals surface area contributed by atoms with Crippen LogP contribution in [-0.2, 0) is 6.42 Å². The lowest BCUT2D eigenvalue weighted by atomic mass is 9.90. The van der Waals surface area contributed by atoms with Crippen molar-refractivity contribution in [2.45, 2.75) is 26.2 Å². The van der Waals surface area contributed by atoms with E-state index >= 15 is 0 Å². The first-order chi connectivity index (χ1) is 14.3. The van der Waals surface area contributed by atoms with E-state index in [1.165, 1.54) is 36.0 Å². The number of hydrogen-bond donors (Lipinski definition) is 0. The first kappa shape index (κ1) is 17.9. The van der Waals surface area contributed by atoms with E-state index in [1.54, 1.807) is 0 Å². The molecule has 0 spiro atoms. The molecule has 0 saturated carbocycles. The molecular weight excluding hydrogens is 356 g/mol. The smallest absolute Gasteiger partial charge is 0.154 e. The third kappa shape index (κ3) is 3.63. The third-order valence-electron chi connectivity index (χ3n) is 6.07. The molecular formula is C25H26N4. The van der Waals surface area contributed by atoms with Gasteiger partial charge in [0.1, 0.15) is 5.52 Å². The summed E-state index contributed by atoms with van der Waals surface area (Å²) in [6, 6.07) is 21.5. The van der Waals surface area contributed by atoms with E-state index in [0.717, 1.165) is 36.0 Å². The minimum atomic E-state index is 0.751. The van der Waals surface area contributed by atoms with Crippen molar-refractivity contribution in [2.75, 3.05) is 18.0 Å². The molecule has 0 unspecified atom stereocenters. The molecule has 0 N–H and O–H groups in total. The van der Waals surface area contributed by atoms with Crippen LogP contribution in [0.2, 0.25) is 0 Å². The molecule has 2 aromatic heterocycles. The van der Waals surface area contributed by atoms with Gasteiger partial charge >= 0.3 is 0 Å². The van der Waals surface area contributed by atoms with E-state index in [2.05, 4.69) is 72.5 Å². The minimum Gasteiger partial charge on any atom is -0.355 e. The van der Waals surface area contributed by atoms with Gasteiger partial charge in [0.05, 0.1) is 5.69 Å². The van der Waals surface area contributed by atoms with Gasteiger partial charge in [-0.3, -0.25) is 0 Å². The normalized spacial score (nSPS) is 15.1. The quantitative estimate of drug-likeness (QED) is 0.489. The van der Waals surface area contributed by atoms with E-state index in [9.17, 15) is 0 Å². The number of anilines is 1. The summed E-state index contributed by atoms with van der Waals surface area (Å²) in [5.74, 6) is 1.80. The second-order valence-electron chi connectivity index (χ2n) is 8.05. The largest absolute Gasteiger partial charge is 0.355 e. The van der Waals surface area contributed by atoms with Gasteiger partial charge in [0.15, 0.2) is 5.82 Å². The van der Waals surface area contributed by atoms with Crippen molar-refractivity contribution < 1.29 is 0 Å². The van der Waals surface area contributed by atoms with Crippen LogP contribution >= 0.6 is 0 Å². The van der Waals surface area contributed by atoms with Gasteiger partial charge in [-0.15, -0.1) is 0 Å². The molecule has 1 aliphatic rings. The average molecular weight is 383 g/mol. The Labute approximate surface area is 171 Å². The van der Waals surface area contributed by atoms with Crippen LogP contribution in [0.25, 0.3) is 16.8 Å². The molecule has 1 saturated heterocycles. The SMILES string of the molecule is Cc1ccccc1-c1cc2c(N3CCC(Cc4ccccc4)CC3)nccn2n1. The summed E-state index contributed by atoms with van der Waals surface area (Å²) in [6.45, 7) is 4.24. The highest BCUT2D eigenvalue weighted by molar-refractivity contribution is 5.76. The summed E-state index contributed by atoms with van der Waals surface area (Å²) < 4.78 is 1.97. The summed E-state index contributed by atoms with van der Waals surface area (Å²) in [5.41, 5.74) is 5.98. The Morgan fingerprint density at radius 2 is 1.72 bits per heavy atom. The van der Waals surface area contributed by atoms with Crippen molar-refractivity contribution in [3.05, 3.63) is 84.2 Å². The Kier molecular flexibility index (Phi) is 4.76. The fourth-order valence-corrected chi connectivity index (χ4v) is 4.44. The van der Waals surface area contributed by atoms with Crippen LogP contribution in [0.3, 0.4) is 0 Å². The molecule has 1 aliphatic heterocycles. The highest BCUT2D eigenvalue weighted by atomic mass is 15.3. The van der Waals surface area contributed by atoms with Crippen molar-refractivity contribution >= 4 is 11.3 Å². The minimum absolute atomic E-state index is 0.751. The number of fused-ring (bicyclic) bond motifs is 1. The number of aromatic nitrogens is 3. The number of hydrogen-bond acceptors (Lipinski definition) is 3. The van der Waals surface area contributed by atoms with Gasteiger partial charge in [-0.25, -0.2) is 9.50 Å². The molecule has 1 fully saturated rings. The maximum absolute atomic E-state index is 4.82. The monoisotopic (exact) mass is 382 g/mol. The van der Waals surface area contributed by atoms with Gasteiger partial charge in [-0.2, -0.15) is 5.10 Å². The molecule has 0 amide bonds. The third-order valence-corrected chi connectivity index (χ3v) is 6.07. The highest BCUT2D eigenvalue weighted by Gasteiger charge is 2.22. The van der Waals surface area contributed by atoms with Crippen LogP contribution in [-0.4, -0.2) is 27.7 Å². The molecule has 2 aromatic carbocycles. The fraction of sp³-hybridized carbons (Fsp3) is 0.280. The van der Waals surface area contributed by atoms with Gasteiger partial charge in [0, 0.05) is 31.0 Å². The molecule has 3 heterocycles. The highest BCUT2D eigenvalue weighted by Crippen LogP contribution is 2.30. The van der Waals surface area contributed by atoms with Crippen LogP contribution in [0.4, 0.5) is 5.82 Å². The van der Waals surface area contributed by atoms with Crippen LogP contribution < -0.4 is 4.90 Å². The Morgan fingerprint density at radius 1 is 0.966 bits per heavy atom. The fourth-order valence-electron chi connectivity index (χ4n) is 4.44. The molecule has 0 atom stereocenters. The van der Waals surface area contributed by atoms with Crippen molar-refractivity contribution in [1.82, 2.24) is 14.6 Å². The summed E-state index contributed by atoms with van der Waals surface area (Å²) in [5, 5.41) is 4.82. The van der Waals surface area contributed by atoms with Gasteiger partial charge in [-0.05, 0) is 49.3 Å². The Morgan fingerprint density at radius 3 is 2.52 bits per heavy atom. The summed E-state index contributed by atoms with van der Waals surface area (Å²) in [7, 11) is 0. The van der Waals surface area contributed by atoms with Crippen LogP contribution in [0.1, 0.15) is 24.0 Å². The van der Waals surface area contributed by atoms with Crippen LogP contribution in [0, 0.1) is 12.8 Å². The first-order valence-electron chi connectivity index (χ1n) is 10.5. The van der Waals surface area contributed by atoms with E-state index in [0.29, 0.717) is 0 Å². The molecule has 0 bridgehead atoms. The standard InChI is InChI=1S/C25H26N4/c1-19-7-5-6-10-22(19)23-18-24-25(26-13-16-29(24)27-23)28-14-11-21(12-15-28)17-20-8-3-2-4-9-20/h2-10,13,16,18,21H,11-12,14-15,17H2,1H3. The molecule has 4 aromatic rings. The van der Waals surface area contributed by atoms with E-state index in [4.69, 9.17) is 10.1 Å². The lowest BCUT2D eigenvalue weighted by Gasteiger charge is -2.33. The van der Waals surface area contributed by atoms with Crippen molar-refractivity contribution in [2.24, 2.45) is 5.92 Å². The van der Waals surface area contributed by atoms with Crippen LogP contribution in [0.15, 0.2) is 73.1 Å². The molecule has 146 valence electrons. The maximum Gasteiger partial charge on any atom is 0.154 e. The number of nitrogens with zero attached hydrogens (tertiary/aromatic N) is 4. The van der Waals surface area contributed by atoms with Gasteiger partial charge in [-0.1, -0.05) is 54.6 Å². The van der Waals surface area contributed by atoms with E-state index < -0.39 is 0 Å². The maximum atomic E-state index is 4.82. The van der Waals surface area contributed by atoms with Crippen LogP contribution in [0.5, 0.6) is 0 Å². The molecule has 5 rings (SSSR count).